The molecule has 2 N–H and O–H groups in total. The number of H-pyrrole nitrogens is 1. The molecule has 26 heavy (non-hydrogen) atoms. The third kappa shape index (κ3) is 2.97. The lowest BCUT2D eigenvalue weighted by atomic mass is 9.93. The lowest BCUT2D eigenvalue weighted by Crippen LogP contribution is -2.33. The van der Waals surface area contributed by atoms with E-state index in [0.29, 0.717) is 5.95 Å². The van der Waals surface area contributed by atoms with E-state index in [1.165, 1.54) is 6.92 Å². The third-order valence-corrected chi connectivity index (χ3v) is 4.50. The quantitative estimate of drug-likeness (QED) is 0.762. The van der Waals surface area contributed by atoms with Crippen LogP contribution in [0.1, 0.15) is 30.5 Å². The second-order valence-corrected chi connectivity index (χ2v) is 6.24. The largest absolute Gasteiger partial charge is 0.324 e. The van der Waals surface area contributed by atoms with Gasteiger partial charge in [0.1, 0.15) is 0 Å². The number of hydrogen-bond acceptors (Lipinski definition) is 3. The Hall–Kier alpha value is -3.41. The smallest absolute Gasteiger partial charge is 0.229 e. The first-order valence-corrected chi connectivity index (χ1v) is 8.42. The summed E-state index contributed by atoms with van der Waals surface area (Å²) in [5.74, 6) is 0.105. The Bertz CT molecular complexity index is 988. The Morgan fingerprint density at radius 3 is 2.73 bits per heavy atom. The maximum atomic E-state index is 12.6. The van der Waals surface area contributed by atoms with Crippen LogP contribution in [0.3, 0.4) is 0 Å². The van der Waals surface area contributed by atoms with E-state index in [1.807, 2.05) is 54.6 Å². The first-order valence-electron chi connectivity index (χ1n) is 8.42. The van der Waals surface area contributed by atoms with Crippen LogP contribution in [0.4, 0.5) is 5.95 Å². The Morgan fingerprint density at radius 1 is 1.15 bits per heavy atom. The van der Waals surface area contributed by atoms with Gasteiger partial charge in [0.05, 0.1) is 23.5 Å². The highest BCUT2D eigenvalue weighted by molar-refractivity contribution is 5.92. The van der Waals surface area contributed by atoms with Gasteiger partial charge in [-0.05, 0) is 29.3 Å². The standard InChI is InChI=1S/C20H18N4O2/c1-13(25)24-11-10-14-6-2-3-7-15(14)18(24)12-19(26)23-20-21-16-8-4-5-9-17(16)22-20/h2-11,18H,12H2,1H3,(H2,21,22,23,26). The van der Waals surface area contributed by atoms with Crippen molar-refractivity contribution in [3.8, 4) is 0 Å². The summed E-state index contributed by atoms with van der Waals surface area (Å²) in [6, 6.07) is 15.0. The minimum atomic E-state index is -0.335. The minimum Gasteiger partial charge on any atom is -0.324 e. The Morgan fingerprint density at radius 2 is 1.92 bits per heavy atom. The Balaban J connectivity index is 1.56. The van der Waals surface area contributed by atoms with Crippen molar-refractivity contribution in [2.45, 2.75) is 19.4 Å². The number of aromatic amines is 1. The van der Waals surface area contributed by atoms with Crippen LogP contribution in [-0.2, 0) is 9.59 Å². The van der Waals surface area contributed by atoms with E-state index in [1.54, 1.807) is 11.1 Å². The van der Waals surface area contributed by atoms with Crippen molar-refractivity contribution in [3.63, 3.8) is 0 Å². The van der Waals surface area contributed by atoms with Gasteiger partial charge >= 0.3 is 0 Å². The number of hydrogen-bond donors (Lipinski definition) is 2. The highest BCUT2D eigenvalue weighted by Gasteiger charge is 2.28. The number of rotatable bonds is 3. The monoisotopic (exact) mass is 346 g/mol. The molecule has 0 fully saturated rings. The molecule has 3 aromatic rings. The zero-order valence-corrected chi connectivity index (χ0v) is 14.3. The molecule has 1 aromatic heterocycles. The molecule has 0 spiro atoms. The van der Waals surface area contributed by atoms with Crippen LogP contribution >= 0.6 is 0 Å². The molecule has 2 amide bonds. The summed E-state index contributed by atoms with van der Waals surface area (Å²) in [7, 11) is 0. The number of benzene rings is 2. The number of amides is 2. The van der Waals surface area contributed by atoms with Crippen molar-refractivity contribution in [1.82, 2.24) is 14.9 Å². The van der Waals surface area contributed by atoms with Crippen LogP contribution < -0.4 is 5.32 Å². The van der Waals surface area contributed by atoms with E-state index in [0.717, 1.165) is 22.2 Å². The molecule has 0 saturated carbocycles. The van der Waals surface area contributed by atoms with Gasteiger partial charge in [0.25, 0.3) is 0 Å². The van der Waals surface area contributed by atoms with Crippen molar-refractivity contribution in [1.29, 1.82) is 0 Å². The summed E-state index contributed by atoms with van der Waals surface area (Å²) in [4.78, 5) is 33.6. The van der Waals surface area contributed by atoms with Gasteiger partial charge in [0, 0.05) is 13.1 Å². The molecule has 130 valence electrons. The summed E-state index contributed by atoms with van der Waals surface area (Å²) in [5.41, 5.74) is 3.63. The molecule has 4 rings (SSSR count). The fourth-order valence-electron chi connectivity index (χ4n) is 3.28. The van der Waals surface area contributed by atoms with Gasteiger partial charge < -0.3 is 9.88 Å². The first kappa shape index (κ1) is 16.1. The second kappa shape index (κ2) is 6.48. The molecule has 1 aliphatic rings. The number of imidazole rings is 1. The van der Waals surface area contributed by atoms with Gasteiger partial charge in [-0.15, -0.1) is 0 Å². The van der Waals surface area contributed by atoms with Crippen molar-refractivity contribution < 1.29 is 9.59 Å². The maximum absolute atomic E-state index is 12.6. The Labute approximate surface area is 150 Å². The fraction of sp³-hybridized carbons (Fsp3) is 0.150. The van der Waals surface area contributed by atoms with Crippen molar-refractivity contribution in [3.05, 3.63) is 65.9 Å². The molecule has 0 aliphatic carbocycles. The number of carbonyl (C=O) groups is 2. The zero-order valence-electron chi connectivity index (χ0n) is 14.3. The van der Waals surface area contributed by atoms with Crippen LogP contribution in [0.5, 0.6) is 0 Å². The molecule has 1 unspecified atom stereocenters. The van der Waals surface area contributed by atoms with Crippen LogP contribution in [0.15, 0.2) is 54.7 Å². The predicted octanol–water partition coefficient (Wildman–Crippen LogP) is 3.47. The normalized spacial score (nSPS) is 15.7. The first-order chi connectivity index (χ1) is 12.6. The van der Waals surface area contributed by atoms with E-state index < -0.39 is 0 Å². The predicted molar refractivity (Wildman–Crippen MR) is 100 cm³/mol. The lowest BCUT2D eigenvalue weighted by Gasteiger charge is -2.32. The number of aromatic nitrogens is 2. The summed E-state index contributed by atoms with van der Waals surface area (Å²) in [5, 5.41) is 2.80. The molecule has 0 bridgehead atoms. The van der Waals surface area contributed by atoms with Gasteiger partial charge in [-0.3, -0.25) is 14.9 Å². The average molecular weight is 346 g/mol. The molecule has 1 atom stereocenters. The van der Waals surface area contributed by atoms with Gasteiger partial charge in [-0.25, -0.2) is 4.98 Å². The summed E-state index contributed by atoms with van der Waals surface area (Å²) < 4.78 is 0. The van der Waals surface area contributed by atoms with Gasteiger partial charge in [0.2, 0.25) is 17.8 Å². The summed E-state index contributed by atoms with van der Waals surface area (Å²) in [6.07, 6.45) is 3.78. The fourth-order valence-corrected chi connectivity index (χ4v) is 3.28. The zero-order chi connectivity index (χ0) is 18.1. The highest BCUT2D eigenvalue weighted by Crippen LogP contribution is 2.33. The number of para-hydroxylation sites is 2. The summed E-state index contributed by atoms with van der Waals surface area (Å²) in [6.45, 7) is 1.50. The number of fused-ring (bicyclic) bond motifs is 2. The number of anilines is 1. The van der Waals surface area contributed by atoms with Crippen molar-refractivity contribution >= 4 is 34.9 Å². The molecule has 0 radical (unpaired) electrons. The van der Waals surface area contributed by atoms with Gasteiger partial charge in [-0.2, -0.15) is 0 Å². The van der Waals surface area contributed by atoms with E-state index >= 15 is 0 Å². The van der Waals surface area contributed by atoms with E-state index in [9.17, 15) is 9.59 Å². The van der Waals surface area contributed by atoms with Gasteiger partial charge in [0.15, 0.2) is 0 Å². The maximum Gasteiger partial charge on any atom is 0.229 e. The number of nitrogens with zero attached hydrogens (tertiary/aromatic N) is 2. The second-order valence-electron chi connectivity index (χ2n) is 6.24. The highest BCUT2D eigenvalue weighted by atomic mass is 16.2. The number of nitrogens with one attached hydrogen (secondary N) is 2. The third-order valence-electron chi connectivity index (χ3n) is 4.50. The SMILES string of the molecule is CC(=O)N1C=Cc2ccccc2C1CC(=O)Nc1nc2ccccc2[nH]1. The van der Waals surface area contributed by atoms with Crippen LogP contribution in [-0.4, -0.2) is 26.7 Å². The molecule has 6 heteroatoms. The molecule has 1 aliphatic heterocycles. The molecular weight excluding hydrogens is 328 g/mol. The molecule has 2 aromatic carbocycles. The minimum absolute atomic E-state index is 0.0997. The molecule has 0 saturated heterocycles. The average Bonchev–Trinajstić information content (AvgIpc) is 3.03. The lowest BCUT2D eigenvalue weighted by molar-refractivity contribution is -0.129. The van der Waals surface area contributed by atoms with Gasteiger partial charge in [-0.1, -0.05) is 36.4 Å². The van der Waals surface area contributed by atoms with Crippen molar-refractivity contribution in [2.75, 3.05) is 5.32 Å². The van der Waals surface area contributed by atoms with E-state index in [4.69, 9.17) is 0 Å². The van der Waals surface area contributed by atoms with E-state index in [-0.39, 0.29) is 24.3 Å². The van der Waals surface area contributed by atoms with E-state index in [2.05, 4.69) is 15.3 Å². The number of carbonyl (C=O) groups excluding carboxylic acids is 2. The van der Waals surface area contributed by atoms with Crippen LogP contribution in [0.25, 0.3) is 17.1 Å². The molecular formula is C20H18N4O2. The Kier molecular flexibility index (Phi) is 4.01. The topological polar surface area (TPSA) is 78.1 Å². The van der Waals surface area contributed by atoms with Crippen LogP contribution in [0.2, 0.25) is 0 Å². The van der Waals surface area contributed by atoms with Crippen LogP contribution in [0, 0.1) is 0 Å². The molecule has 6 nitrogen and oxygen atoms in total. The summed E-state index contributed by atoms with van der Waals surface area (Å²) >= 11 is 0. The van der Waals surface area contributed by atoms with Crippen molar-refractivity contribution in [2.24, 2.45) is 0 Å². The molecule has 2 heterocycles.